The Morgan fingerprint density at radius 2 is 1.96 bits per heavy atom. The van der Waals surface area contributed by atoms with Crippen LogP contribution in [0.4, 0.5) is 0 Å². The molecule has 1 unspecified atom stereocenters. The van der Waals surface area contributed by atoms with Crippen LogP contribution in [0.2, 0.25) is 0 Å². The fourth-order valence-electron chi connectivity index (χ4n) is 2.43. The average Bonchev–Trinajstić information content (AvgIpc) is 2.61. The zero-order valence-corrected chi connectivity index (χ0v) is 13.8. The first-order chi connectivity index (χ1) is 11.6. The molecule has 2 aromatic rings. The number of carbonyl (C=O) groups excluding carboxylic acids is 1. The van der Waals surface area contributed by atoms with Gasteiger partial charge in [-0.3, -0.25) is 4.79 Å². The molecule has 1 aliphatic heterocycles. The minimum atomic E-state index is -0.632. The standard InChI is InChI=1S/C19H20N2O3/c1-13-7-9-15(10-8-13)24-14(2)19(22)21-20-17-11-12-23-18-6-4-3-5-16(17)18/h3-10,14H,11-12H2,1-2H3,(H,21,22)/b20-17-. The van der Waals surface area contributed by atoms with Crippen molar-refractivity contribution in [2.75, 3.05) is 6.61 Å². The van der Waals surface area contributed by atoms with E-state index in [1.54, 1.807) is 6.92 Å². The monoisotopic (exact) mass is 324 g/mol. The highest BCUT2D eigenvalue weighted by molar-refractivity contribution is 6.04. The Labute approximate surface area is 141 Å². The molecule has 24 heavy (non-hydrogen) atoms. The summed E-state index contributed by atoms with van der Waals surface area (Å²) in [6.07, 6.45) is 0.0250. The van der Waals surface area contributed by atoms with Crippen LogP contribution in [0.25, 0.3) is 0 Å². The number of benzene rings is 2. The summed E-state index contributed by atoms with van der Waals surface area (Å²) in [5.41, 5.74) is 5.46. The molecule has 5 heteroatoms. The summed E-state index contributed by atoms with van der Waals surface area (Å²) >= 11 is 0. The van der Waals surface area contributed by atoms with Crippen LogP contribution < -0.4 is 14.9 Å². The third-order valence-electron chi connectivity index (χ3n) is 3.80. The highest BCUT2D eigenvalue weighted by Crippen LogP contribution is 2.24. The molecule has 0 aromatic heterocycles. The first-order valence-corrected chi connectivity index (χ1v) is 7.95. The van der Waals surface area contributed by atoms with Gasteiger partial charge in [0.25, 0.3) is 5.91 Å². The van der Waals surface area contributed by atoms with Gasteiger partial charge in [0.05, 0.1) is 12.3 Å². The lowest BCUT2D eigenvalue weighted by Crippen LogP contribution is -2.34. The van der Waals surface area contributed by atoms with Crippen LogP contribution in [0.15, 0.2) is 53.6 Å². The average molecular weight is 324 g/mol. The van der Waals surface area contributed by atoms with E-state index in [0.29, 0.717) is 18.8 Å². The first kappa shape index (κ1) is 16.1. The number of hydrogen-bond donors (Lipinski definition) is 1. The van der Waals surface area contributed by atoms with Crippen LogP contribution in [0.1, 0.15) is 24.5 Å². The Bertz CT molecular complexity index is 753. The van der Waals surface area contributed by atoms with Crippen LogP contribution in [0.3, 0.4) is 0 Å². The molecule has 0 saturated heterocycles. The van der Waals surface area contributed by atoms with Crippen molar-refractivity contribution in [2.24, 2.45) is 5.10 Å². The third-order valence-corrected chi connectivity index (χ3v) is 3.80. The number of para-hydroxylation sites is 1. The molecule has 1 heterocycles. The Morgan fingerprint density at radius 3 is 2.75 bits per heavy atom. The second kappa shape index (κ2) is 7.17. The Balaban J connectivity index is 1.64. The molecule has 0 fully saturated rings. The van der Waals surface area contributed by atoms with E-state index in [2.05, 4.69) is 10.5 Å². The van der Waals surface area contributed by atoms with Crippen LogP contribution in [0.5, 0.6) is 11.5 Å². The van der Waals surface area contributed by atoms with Crippen molar-refractivity contribution in [2.45, 2.75) is 26.4 Å². The van der Waals surface area contributed by atoms with E-state index in [0.717, 1.165) is 22.6 Å². The molecule has 1 N–H and O–H groups in total. The molecule has 2 aromatic carbocycles. The highest BCUT2D eigenvalue weighted by Gasteiger charge is 2.18. The molecule has 0 radical (unpaired) electrons. The summed E-state index contributed by atoms with van der Waals surface area (Å²) in [4.78, 5) is 12.2. The van der Waals surface area contributed by atoms with Gasteiger partial charge >= 0.3 is 0 Å². The van der Waals surface area contributed by atoms with Gasteiger partial charge < -0.3 is 9.47 Å². The van der Waals surface area contributed by atoms with E-state index < -0.39 is 6.10 Å². The van der Waals surface area contributed by atoms with Crippen LogP contribution in [-0.4, -0.2) is 24.3 Å². The molecule has 0 saturated carbocycles. The number of aryl methyl sites for hydroxylation is 1. The predicted molar refractivity (Wildman–Crippen MR) is 92.5 cm³/mol. The first-order valence-electron chi connectivity index (χ1n) is 7.95. The van der Waals surface area contributed by atoms with Gasteiger partial charge in [0, 0.05) is 12.0 Å². The van der Waals surface area contributed by atoms with Gasteiger partial charge in [-0.1, -0.05) is 29.8 Å². The summed E-state index contributed by atoms with van der Waals surface area (Å²) in [5.74, 6) is 1.17. The van der Waals surface area contributed by atoms with Gasteiger partial charge in [-0.25, -0.2) is 5.43 Å². The molecule has 0 aliphatic carbocycles. The van der Waals surface area contributed by atoms with Crippen LogP contribution in [0, 0.1) is 6.92 Å². The van der Waals surface area contributed by atoms with Crippen molar-refractivity contribution < 1.29 is 14.3 Å². The van der Waals surface area contributed by atoms with Gasteiger partial charge in [0.15, 0.2) is 6.10 Å². The minimum Gasteiger partial charge on any atom is -0.492 e. The molecule has 0 spiro atoms. The Morgan fingerprint density at radius 1 is 1.21 bits per heavy atom. The highest BCUT2D eigenvalue weighted by atomic mass is 16.5. The smallest absolute Gasteiger partial charge is 0.280 e. The fourth-order valence-corrected chi connectivity index (χ4v) is 2.43. The predicted octanol–water partition coefficient (Wildman–Crippen LogP) is 3.07. The number of nitrogens with zero attached hydrogens (tertiary/aromatic N) is 1. The number of hydrogen-bond acceptors (Lipinski definition) is 4. The van der Waals surface area contributed by atoms with Crippen LogP contribution in [-0.2, 0) is 4.79 Å². The number of rotatable bonds is 4. The fraction of sp³-hybridized carbons (Fsp3) is 0.263. The summed E-state index contributed by atoms with van der Waals surface area (Å²) in [6.45, 7) is 4.26. The maximum absolute atomic E-state index is 12.2. The zero-order valence-electron chi connectivity index (χ0n) is 13.8. The van der Waals surface area contributed by atoms with Crippen molar-refractivity contribution in [1.29, 1.82) is 0 Å². The second-order valence-electron chi connectivity index (χ2n) is 5.70. The normalized spacial score (nSPS) is 16.0. The van der Waals surface area contributed by atoms with Crippen molar-refractivity contribution in [1.82, 2.24) is 5.43 Å². The summed E-state index contributed by atoms with van der Waals surface area (Å²) in [5, 5.41) is 4.26. The van der Waals surface area contributed by atoms with E-state index in [1.807, 2.05) is 55.5 Å². The Kier molecular flexibility index (Phi) is 4.79. The maximum atomic E-state index is 12.2. The largest absolute Gasteiger partial charge is 0.492 e. The molecule has 1 atom stereocenters. The van der Waals surface area contributed by atoms with Crippen LogP contribution >= 0.6 is 0 Å². The quantitative estimate of drug-likeness (QED) is 0.879. The van der Waals surface area contributed by atoms with Crippen molar-refractivity contribution >= 4 is 11.6 Å². The molecule has 5 nitrogen and oxygen atoms in total. The lowest BCUT2D eigenvalue weighted by molar-refractivity contribution is -0.127. The van der Waals surface area contributed by atoms with Crippen molar-refractivity contribution in [3.8, 4) is 11.5 Å². The van der Waals surface area contributed by atoms with Gasteiger partial charge in [-0.2, -0.15) is 5.10 Å². The van der Waals surface area contributed by atoms with E-state index in [4.69, 9.17) is 9.47 Å². The summed E-state index contributed by atoms with van der Waals surface area (Å²) < 4.78 is 11.2. The van der Waals surface area contributed by atoms with Gasteiger partial charge in [-0.15, -0.1) is 0 Å². The lowest BCUT2D eigenvalue weighted by atomic mass is 10.0. The third kappa shape index (κ3) is 3.74. The minimum absolute atomic E-state index is 0.285. The number of nitrogens with one attached hydrogen (secondary N) is 1. The molecule has 3 rings (SSSR count). The number of ether oxygens (including phenoxy) is 2. The van der Waals surface area contributed by atoms with Crippen molar-refractivity contribution in [3.05, 3.63) is 59.7 Å². The summed E-state index contributed by atoms with van der Waals surface area (Å²) in [7, 11) is 0. The van der Waals surface area contributed by atoms with E-state index in [-0.39, 0.29) is 5.91 Å². The Hall–Kier alpha value is -2.82. The molecule has 0 bridgehead atoms. The SMILES string of the molecule is Cc1ccc(OC(C)C(=O)N/N=C2/CCOc3ccccc32)cc1. The number of amides is 1. The lowest BCUT2D eigenvalue weighted by Gasteiger charge is -2.19. The molecule has 124 valence electrons. The summed E-state index contributed by atoms with van der Waals surface area (Å²) in [6, 6.07) is 15.3. The molecule has 1 aliphatic rings. The number of carbonyl (C=O) groups is 1. The topological polar surface area (TPSA) is 59.9 Å². The van der Waals surface area contributed by atoms with E-state index in [9.17, 15) is 4.79 Å². The molecular formula is C19H20N2O3. The second-order valence-corrected chi connectivity index (χ2v) is 5.70. The van der Waals surface area contributed by atoms with E-state index in [1.165, 1.54) is 0 Å². The molecular weight excluding hydrogens is 304 g/mol. The maximum Gasteiger partial charge on any atom is 0.280 e. The van der Waals surface area contributed by atoms with E-state index >= 15 is 0 Å². The molecule has 1 amide bonds. The van der Waals surface area contributed by atoms with Gasteiger partial charge in [0.1, 0.15) is 11.5 Å². The van der Waals surface area contributed by atoms with Gasteiger partial charge in [0.2, 0.25) is 0 Å². The number of hydrazone groups is 1. The van der Waals surface area contributed by atoms with Gasteiger partial charge in [-0.05, 0) is 38.1 Å². The zero-order chi connectivity index (χ0) is 16.9. The number of fused-ring (bicyclic) bond motifs is 1. The van der Waals surface area contributed by atoms with Crippen molar-refractivity contribution in [3.63, 3.8) is 0 Å².